The van der Waals surface area contributed by atoms with Gasteiger partial charge in [-0.1, -0.05) is 35.9 Å². The van der Waals surface area contributed by atoms with Gasteiger partial charge in [-0.15, -0.1) is 11.8 Å². The van der Waals surface area contributed by atoms with Gasteiger partial charge >= 0.3 is 5.97 Å². The fraction of sp³-hybridized carbons (Fsp3) is 0.150. The number of anilines is 1. The van der Waals surface area contributed by atoms with Gasteiger partial charge < -0.3 is 14.9 Å². The van der Waals surface area contributed by atoms with Crippen molar-refractivity contribution in [2.24, 2.45) is 0 Å². The van der Waals surface area contributed by atoms with Crippen LogP contribution in [0.15, 0.2) is 64.4 Å². The number of hydrogen-bond donors (Lipinski definition) is 3. The lowest BCUT2D eigenvalue weighted by molar-refractivity contribution is -0.136. The number of aliphatic hydroxyl groups is 1. The molecular formula is C20H18ClNO3S2. The summed E-state index contributed by atoms with van der Waals surface area (Å²) in [5.41, 5.74) is 1.61. The number of halogens is 1. The van der Waals surface area contributed by atoms with Crippen molar-refractivity contribution in [3.63, 3.8) is 0 Å². The van der Waals surface area contributed by atoms with Crippen LogP contribution < -0.4 is 4.72 Å². The Bertz CT molecular complexity index is 963. The third kappa shape index (κ3) is 4.71. The molecule has 3 N–H and O–H groups in total. The van der Waals surface area contributed by atoms with Gasteiger partial charge in [-0.05, 0) is 60.2 Å². The van der Waals surface area contributed by atoms with E-state index in [2.05, 4.69) is 4.72 Å². The number of hydrogen-bond acceptors (Lipinski definition) is 5. The SMILES string of the molecule is CC(Sc1cc(NSc2ccc(Cl)cc2)c2ccccc2c1CO)C(=O)O. The van der Waals surface area contributed by atoms with Gasteiger partial charge in [0.1, 0.15) is 5.25 Å². The fourth-order valence-electron chi connectivity index (χ4n) is 2.62. The van der Waals surface area contributed by atoms with Crippen LogP contribution in [0.2, 0.25) is 5.02 Å². The highest BCUT2D eigenvalue weighted by Crippen LogP contribution is 2.38. The van der Waals surface area contributed by atoms with Crippen molar-refractivity contribution < 1.29 is 15.0 Å². The minimum Gasteiger partial charge on any atom is -0.480 e. The number of thioether (sulfide) groups is 1. The van der Waals surface area contributed by atoms with Crippen molar-refractivity contribution in [1.82, 2.24) is 0 Å². The number of carbonyl (C=O) groups is 1. The summed E-state index contributed by atoms with van der Waals surface area (Å²) in [6.07, 6.45) is 0. The third-order valence-electron chi connectivity index (χ3n) is 4.02. The highest BCUT2D eigenvalue weighted by atomic mass is 35.5. The van der Waals surface area contributed by atoms with Gasteiger partial charge in [-0.3, -0.25) is 4.79 Å². The van der Waals surface area contributed by atoms with E-state index >= 15 is 0 Å². The zero-order valence-electron chi connectivity index (χ0n) is 14.5. The molecule has 140 valence electrons. The molecule has 0 aliphatic heterocycles. The Morgan fingerprint density at radius 1 is 1.15 bits per heavy atom. The van der Waals surface area contributed by atoms with E-state index in [0.29, 0.717) is 5.02 Å². The molecule has 0 amide bonds. The number of aliphatic carboxylic acids is 1. The Morgan fingerprint density at radius 3 is 2.44 bits per heavy atom. The largest absolute Gasteiger partial charge is 0.480 e. The zero-order chi connectivity index (χ0) is 19.4. The van der Waals surface area contributed by atoms with E-state index in [-0.39, 0.29) is 6.61 Å². The fourth-order valence-corrected chi connectivity index (χ4v) is 4.40. The first-order chi connectivity index (χ1) is 13.0. The quantitative estimate of drug-likeness (QED) is 0.338. The van der Waals surface area contributed by atoms with Crippen LogP contribution in [-0.2, 0) is 11.4 Å². The molecule has 0 saturated carbocycles. The minimum atomic E-state index is -0.887. The maximum Gasteiger partial charge on any atom is 0.316 e. The van der Waals surface area contributed by atoms with Gasteiger partial charge in [0.15, 0.2) is 0 Å². The second-order valence-electron chi connectivity index (χ2n) is 5.86. The molecule has 3 aromatic carbocycles. The van der Waals surface area contributed by atoms with Gasteiger partial charge in [0.25, 0.3) is 0 Å². The lowest BCUT2D eigenvalue weighted by atomic mass is 10.0. The van der Waals surface area contributed by atoms with Crippen LogP contribution in [0.4, 0.5) is 5.69 Å². The van der Waals surface area contributed by atoms with Gasteiger partial charge in [-0.2, -0.15) is 0 Å². The molecule has 0 radical (unpaired) electrons. The van der Waals surface area contributed by atoms with E-state index < -0.39 is 11.2 Å². The number of carboxylic acids is 1. The van der Waals surface area contributed by atoms with Gasteiger partial charge in [-0.25, -0.2) is 0 Å². The van der Waals surface area contributed by atoms with Gasteiger partial charge in [0.05, 0.1) is 12.3 Å². The van der Waals surface area contributed by atoms with Gasteiger partial charge in [0.2, 0.25) is 0 Å². The van der Waals surface area contributed by atoms with Gasteiger partial charge in [0, 0.05) is 20.2 Å². The summed E-state index contributed by atoms with van der Waals surface area (Å²) in [4.78, 5) is 13.0. The summed E-state index contributed by atoms with van der Waals surface area (Å²) < 4.78 is 3.35. The van der Waals surface area contributed by atoms with Crippen LogP contribution >= 0.6 is 35.3 Å². The Labute approximate surface area is 171 Å². The van der Waals surface area contributed by atoms with E-state index in [1.165, 1.54) is 23.7 Å². The van der Waals surface area contributed by atoms with Crippen molar-refractivity contribution in [2.75, 3.05) is 4.72 Å². The third-order valence-corrected chi connectivity index (χ3v) is 6.27. The lowest BCUT2D eigenvalue weighted by Gasteiger charge is -2.17. The highest BCUT2D eigenvalue weighted by Gasteiger charge is 2.18. The lowest BCUT2D eigenvalue weighted by Crippen LogP contribution is -2.11. The van der Waals surface area contributed by atoms with Crippen molar-refractivity contribution in [2.45, 2.75) is 28.6 Å². The van der Waals surface area contributed by atoms with Crippen LogP contribution in [0.25, 0.3) is 10.8 Å². The molecule has 0 saturated heterocycles. The standard InChI is InChI=1S/C20H18ClNO3S2/c1-12(20(24)25)26-19-10-18(22-27-14-8-6-13(21)7-9-14)16-5-3-2-4-15(16)17(19)11-23/h2-10,12,22-23H,11H2,1H3,(H,24,25). The number of benzene rings is 3. The summed E-state index contributed by atoms with van der Waals surface area (Å²) in [6.45, 7) is 1.48. The molecule has 3 aromatic rings. The van der Waals surface area contributed by atoms with Crippen LogP contribution in [-0.4, -0.2) is 21.4 Å². The number of nitrogens with one attached hydrogen (secondary N) is 1. The predicted molar refractivity (Wildman–Crippen MR) is 114 cm³/mol. The van der Waals surface area contributed by atoms with Crippen molar-refractivity contribution in [1.29, 1.82) is 0 Å². The normalized spacial score (nSPS) is 12.1. The van der Waals surface area contributed by atoms with Crippen LogP contribution in [0.3, 0.4) is 0 Å². The minimum absolute atomic E-state index is 0.153. The molecule has 0 aliphatic rings. The molecule has 0 aliphatic carbocycles. The van der Waals surface area contributed by atoms with E-state index in [4.69, 9.17) is 11.6 Å². The van der Waals surface area contributed by atoms with Crippen LogP contribution in [0.5, 0.6) is 0 Å². The molecule has 0 heterocycles. The molecule has 7 heteroatoms. The molecule has 0 aromatic heterocycles. The van der Waals surface area contributed by atoms with Crippen molar-refractivity contribution >= 4 is 57.7 Å². The Morgan fingerprint density at radius 2 is 1.81 bits per heavy atom. The molecule has 27 heavy (non-hydrogen) atoms. The summed E-state index contributed by atoms with van der Waals surface area (Å²) in [5, 5.41) is 21.1. The van der Waals surface area contributed by atoms with Crippen molar-refractivity contribution in [3.05, 3.63) is 65.2 Å². The first-order valence-corrected chi connectivity index (χ1v) is 10.3. The highest BCUT2D eigenvalue weighted by molar-refractivity contribution is 8.01. The maximum absolute atomic E-state index is 11.3. The number of rotatable bonds is 7. The second kappa shape index (κ2) is 8.89. The molecule has 0 bridgehead atoms. The van der Waals surface area contributed by atoms with E-state index in [9.17, 15) is 15.0 Å². The smallest absolute Gasteiger partial charge is 0.316 e. The first kappa shape index (κ1) is 19.9. The molecular weight excluding hydrogens is 402 g/mol. The molecule has 0 fully saturated rings. The second-order valence-corrected chi connectivity index (χ2v) is 8.56. The Balaban J connectivity index is 1.99. The number of fused-ring (bicyclic) bond motifs is 1. The maximum atomic E-state index is 11.3. The molecule has 4 nitrogen and oxygen atoms in total. The predicted octanol–water partition coefficient (Wildman–Crippen LogP) is 5.67. The summed E-state index contributed by atoms with van der Waals surface area (Å²) in [5.74, 6) is -0.887. The number of aliphatic hydroxyl groups excluding tert-OH is 1. The van der Waals surface area contributed by atoms with E-state index in [1.54, 1.807) is 6.92 Å². The number of carboxylic acid groups (broad SMARTS) is 1. The van der Waals surface area contributed by atoms with Crippen LogP contribution in [0, 0.1) is 0 Å². The average molecular weight is 420 g/mol. The van der Waals surface area contributed by atoms with E-state index in [0.717, 1.165) is 31.8 Å². The Kier molecular flexibility index (Phi) is 6.55. The first-order valence-electron chi connectivity index (χ1n) is 8.23. The average Bonchev–Trinajstić information content (AvgIpc) is 2.67. The van der Waals surface area contributed by atoms with Crippen molar-refractivity contribution in [3.8, 4) is 0 Å². The molecule has 3 rings (SSSR count). The summed E-state index contributed by atoms with van der Waals surface area (Å²) >= 11 is 8.61. The topological polar surface area (TPSA) is 69.6 Å². The van der Waals surface area contributed by atoms with Crippen LogP contribution in [0.1, 0.15) is 12.5 Å². The monoisotopic (exact) mass is 419 g/mol. The summed E-state index contributed by atoms with van der Waals surface area (Å²) in [7, 11) is 0. The molecule has 1 unspecified atom stereocenters. The molecule has 0 spiro atoms. The Hall–Kier alpha value is -1.86. The zero-order valence-corrected chi connectivity index (χ0v) is 16.9. The van der Waals surface area contributed by atoms with E-state index in [1.807, 2.05) is 54.6 Å². The molecule has 1 atom stereocenters. The summed E-state index contributed by atoms with van der Waals surface area (Å²) in [6, 6.07) is 17.2.